The molecule has 198 valence electrons. The summed E-state index contributed by atoms with van der Waals surface area (Å²) in [5.41, 5.74) is -1.82. The van der Waals surface area contributed by atoms with Gasteiger partial charge in [-0.15, -0.1) is 0 Å². The SMILES string of the molecule is CC[C@@H](CO)N1C(=O)[C@@H]2[C@H]3C(=O)OCCC=C[C@@]3(CC)O[C@@]23C=CCN(c2ccc(OC)cc2)C(=O)C13. The first kappa shape index (κ1) is 25.5. The summed E-state index contributed by atoms with van der Waals surface area (Å²) in [6, 6.07) is 5.48. The number of hydrogen-bond donors (Lipinski definition) is 1. The van der Waals surface area contributed by atoms with Crippen molar-refractivity contribution in [1.29, 1.82) is 0 Å². The van der Waals surface area contributed by atoms with Crippen molar-refractivity contribution in [1.82, 2.24) is 4.90 Å². The van der Waals surface area contributed by atoms with Crippen molar-refractivity contribution in [2.45, 2.75) is 56.4 Å². The van der Waals surface area contributed by atoms with Crippen molar-refractivity contribution >= 4 is 23.5 Å². The van der Waals surface area contributed by atoms with E-state index in [1.807, 2.05) is 32.1 Å². The number of benzene rings is 1. The third-order valence-corrected chi connectivity index (χ3v) is 8.30. The summed E-state index contributed by atoms with van der Waals surface area (Å²) < 4.78 is 17.7. The number of rotatable bonds is 6. The molecule has 2 saturated heterocycles. The molecule has 0 bridgehead atoms. The number of hydrogen-bond acceptors (Lipinski definition) is 7. The molecule has 37 heavy (non-hydrogen) atoms. The van der Waals surface area contributed by atoms with Gasteiger partial charge < -0.3 is 29.1 Å². The predicted octanol–water partition coefficient (Wildman–Crippen LogP) is 2.23. The molecule has 0 aromatic heterocycles. The minimum Gasteiger partial charge on any atom is -0.497 e. The molecule has 2 amide bonds. The Balaban J connectivity index is 1.67. The molecule has 6 atom stereocenters. The lowest BCUT2D eigenvalue weighted by molar-refractivity contribution is -0.161. The topological polar surface area (TPSA) is 106 Å². The number of likely N-dealkylation sites (tertiary alicyclic amines) is 1. The maximum Gasteiger partial charge on any atom is 0.313 e. The number of esters is 1. The lowest BCUT2D eigenvalue weighted by atomic mass is 9.73. The molecular formula is C28H34N2O7. The number of carbonyl (C=O) groups excluding carboxylic acids is 3. The number of aliphatic hydroxyl groups is 1. The Labute approximate surface area is 216 Å². The van der Waals surface area contributed by atoms with Crippen LogP contribution in [0.3, 0.4) is 0 Å². The maximum atomic E-state index is 14.4. The van der Waals surface area contributed by atoms with E-state index < -0.39 is 41.1 Å². The van der Waals surface area contributed by atoms with E-state index in [2.05, 4.69) is 0 Å². The molecular weight excluding hydrogens is 476 g/mol. The van der Waals surface area contributed by atoms with Gasteiger partial charge in [0.25, 0.3) is 5.91 Å². The second-order valence-corrected chi connectivity index (χ2v) is 10.0. The van der Waals surface area contributed by atoms with Gasteiger partial charge in [0.2, 0.25) is 5.91 Å². The maximum absolute atomic E-state index is 14.4. The lowest BCUT2D eigenvalue weighted by Crippen LogP contribution is -2.59. The van der Waals surface area contributed by atoms with E-state index in [0.717, 1.165) is 0 Å². The molecule has 1 spiro atoms. The van der Waals surface area contributed by atoms with Crippen LogP contribution in [0.2, 0.25) is 0 Å². The number of anilines is 1. The Morgan fingerprint density at radius 3 is 2.49 bits per heavy atom. The first-order valence-electron chi connectivity index (χ1n) is 13.0. The molecule has 1 unspecified atom stereocenters. The van der Waals surface area contributed by atoms with Gasteiger partial charge in [-0.05, 0) is 43.5 Å². The molecule has 4 aliphatic rings. The molecule has 5 rings (SSSR count). The Morgan fingerprint density at radius 2 is 1.84 bits per heavy atom. The van der Waals surface area contributed by atoms with Crippen molar-refractivity contribution in [2.24, 2.45) is 11.8 Å². The predicted molar refractivity (Wildman–Crippen MR) is 135 cm³/mol. The van der Waals surface area contributed by atoms with Gasteiger partial charge in [0.05, 0.1) is 32.3 Å². The molecule has 0 radical (unpaired) electrons. The number of amides is 2. The van der Waals surface area contributed by atoms with Crippen molar-refractivity contribution in [3.63, 3.8) is 0 Å². The van der Waals surface area contributed by atoms with Crippen LogP contribution in [0.15, 0.2) is 48.6 Å². The second-order valence-electron chi connectivity index (χ2n) is 10.0. The summed E-state index contributed by atoms with van der Waals surface area (Å²) in [4.78, 5) is 45.1. The zero-order valence-electron chi connectivity index (χ0n) is 21.5. The fourth-order valence-corrected chi connectivity index (χ4v) is 6.47. The Bertz CT molecular complexity index is 1130. The summed E-state index contributed by atoms with van der Waals surface area (Å²) in [6.07, 6.45) is 8.86. The van der Waals surface area contributed by atoms with E-state index in [1.165, 1.54) is 4.90 Å². The van der Waals surface area contributed by atoms with Crippen LogP contribution in [0.25, 0.3) is 0 Å². The molecule has 1 N–H and O–H groups in total. The Hall–Kier alpha value is -3.17. The number of carbonyl (C=O) groups is 3. The number of ether oxygens (including phenoxy) is 3. The summed E-state index contributed by atoms with van der Waals surface area (Å²) in [7, 11) is 1.57. The van der Waals surface area contributed by atoms with Crippen LogP contribution in [-0.2, 0) is 23.9 Å². The molecule has 4 aliphatic heterocycles. The summed E-state index contributed by atoms with van der Waals surface area (Å²) in [6.45, 7) is 3.95. The van der Waals surface area contributed by atoms with E-state index in [1.54, 1.807) is 42.4 Å². The van der Waals surface area contributed by atoms with Crippen LogP contribution in [0.5, 0.6) is 5.75 Å². The van der Waals surface area contributed by atoms with Gasteiger partial charge in [-0.3, -0.25) is 14.4 Å². The van der Waals surface area contributed by atoms with E-state index in [0.29, 0.717) is 30.7 Å². The largest absolute Gasteiger partial charge is 0.497 e. The Morgan fingerprint density at radius 1 is 1.08 bits per heavy atom. The highest BCUT2D eigenvalue weighted by Crippen LogP contribution is 2.58. The molecule has 1 aromatic carbocycles. The van der Waals surface area contributed by atoms with Crippen molar-refractivity contribution in [2.75, 3.05) is 31.8 Å². The quantitative estimate of drug-likeness (QED) is 0.462. The number of cyclic esters (lactones) is 1. The van der Waals surface area contributed by atoms with Crippen molar-refractivity contribution in [3.05, 3.63) is 48.6 Å². The van der Waals surface area contributed by atoms with Gasteiger partial charge in [0.1, 0.15) is 28.9 Å². The first-order chi connectivity index (χ1) is 17.9. The van der Waals surface area contributed by atoms with Crippen LogP contribution < -0.4 is 9.64 Å². The van der Waals surface area contributed by atoms with Gasteiger partial charge in [0, 0.05) is 12.2 Å². The van der Waals surface area contributed by atoms with Crippen LogP contribution in [0, 0.1) is 11.8 Å². The average molecular weight is 511 g/mol. The standard InChI is InChI=1S/C28H34N2O7/c1-4-18(17-31)30-23-25(33)29(19-9-11-20(35-3)12-10-19)15-8-14-28(23)21(24(30)32)22-26(34)36-16-7-6-13-27(22,5-2)37-28/h6,8-14,18,21-23,31H,4-5,7,15-17H2,1-3H3/t18-,21-,22-,23?,27+,28-/m0/s1. The lowest BCUT2D eigenvalue weighted by Gasteiger charge is -2.40. The molecule has 1 aromatic rings. The fourth-order valence-electron chi connectivity index (χ4n) is 6.47. The first-order valence-corrected chi connectivity index (χ1v) is 13.0. The van der Waals surface area contributed by atoms with Crippen molar-refractivity contribution < 1.29 is 33.7 Å². The third kappa shape index (κ3) is 3.70. The molecule has 0 aliphatic carbocycles. The highest BCUT2D eigenvalue weighted by atomic mass is 16.6. The van der Waals surface area contributed by atoms with Crippen LogP contribution in [0.1, 0.15) is 33.1 Å². The van der Waals surface area contributed by atoms with Crippen LogP contribution in [-0.4, -0.2) is 77.9 Å². The highest BCUT2D eigenvalue weighted by Gasteiger charge is 2.75. The van der Waals surface area contributed by atoms with E-state index in [4.69, 9.17) is 14.2 Å². The highest BCUT2D eigenvalue weighted by molar-refractivity contribution is 6.05. The molecule has 4 heterocycles. The van der Waals surface area contributed by atoms with Gasteiger partial charge in [-0.1, -0.05) is 38.2 Å². The zero-order valence-corrected chi connectivity index (χ0v) is 21.5. The molecule has 9 heteroatoms. The summed E-state index contributed by atoms with van der Waals surface area (Å²) in [5, 5.41) is 10.2. The minimum atomic E-state index is -1.38. The molecule has 2 fully saturated rings. The van der Waals surface area contributed by atoms with E-state index in [-0.39, 0.29) is 31.6 Å². The van der Waals surface area contributed by atoms with Gasteiger partial charge in [-0.2, -0.15) is 0 Å². The smallest absolute Gasteiger partial charge is 0.313 e. The number of aliphatic hydroxyl groups excluding tert-OH is 1. The molecule has 0 saturated carbocycles. The zero-order chi connectivity index (χ0) is 26.4. The van der Waals surface area contributed by atoms with Crippen molar-refractivity contribution in [3.8, 4) is 5.75 Å². The monoisotopic (exact) mass is 510 g/mol. The number of nitrogens with zero attached hydrogens (tertiary/aromatic N) is 2. The third-order valence-electron chi connectivity index (χ3n) is 8.30. The summed E-state index contributed by atoms with van der Waals surface area (Å²) in [5.74, 6) is -2.38. The van der Waals surface area contributed by atoms with Gasteiger partial charge in [-0.25, -0.2) is 0 Å². The van der Waals surface area contributed by atoms with E-state index in [9.17, 15) is 19.5 Å². The fraction of sp³-hybridized carbons (Fsp3) is 0.536. The van der Waals surface area contributed by atoms with Crippen LogP contribution in [0.4, 0.5) is 5.69 Å². The molecule has 9 nitrogen and oxygen atoms in total. The summed E-state index contributed by atoms with van der Waals surface area (Å²) >= 11 is 0. The van der Waals surface area contributed by atoms with Gasteiger partial charge >= 0.3 is 5.97 Å². The van der Waals surface area contributed by atoms with E-state index >= 15 is 0 Å². The average Bonchev–Trinajstić information content (AvgIpc) is 3.25. The second kappa shape index (κ2) is 9.61. The normalized spacial score (nSPS) is 33.7. The number of fused-ring (bicyclic) bond motifs is 2. The van der Waals surface area contributed by atoms with Gasteiger partial charge in [0.15, 0.2) is 0 Å². The van der Waals surface area contributed by atoms with Crippen LogP contribution >= 0.6 is 0 Å². The Kier molecular flexibility index (Phi) is 6.62. The number of methoxy groups -OCH3 is 1. The minimum absolute atomic E-state index is 0.223.